The Morgan fingerprint density at radius 2 is 1.87 bits per heavy atom. The second kappa shape index (κ2) is 14.3. The Hall–Kier alpha value is -0.0800. The molecule has 1 aliphatic rings. The van der Waals surface area contributed by atoms with Gasteiger partial charge >= 0.3 is 0 Å². The van der Waals surface area contributed by atoms with Crippen LogP contribution in [-0.2, 0) is 4.74 Å². The number of rotatable bonds is 12. The van der Waals surface area contributed by atoms with Crippen LogP contribution in [0.15, 0.2) is 4.99 Å². The van der Waals surface area contributed by atoms with Gasteiger partial charge in [-0.05, 0) is 51.2 Å². The van der Waals surface area contributed by atoms with Crippen molar-refractivity contribution in [1.29, 1.82) is 0 Å². The molecule has 0 saturated heterocycles. The van der Waals surface area contributed by atoms with Crippen LogP contribution in [0, 0.1) is 5.92 Å². The average Bonchev–Trinajstić information content (AvgIpc) is 3.35. The van der Waals surface area contributed by atoms with Crippen LogP contribution in [0.3, 0.4) is 0 Å². The topological polar surface area (TPSA) is 40.1 Å². The van der Waals surface area contributed by atoms with Crippen molar-refractivity contribution in [2.24, 2.45) is 10.9 Å². The maximum absolute atomic E-state index is 5.69. The van der Waals surface area contributed by atoms with Gasteiger partial charge in [0.2, 0.25) is 0 Å². The van der Waals surface area contributed by atoms with Crippen LogP contribution in [-0.4, -0.2) is 75.8 Å². The van der Waals surface area contributed by atoms with Gasteiger partial charge in [-0.2, -0.15) is 0 Å². The van der Waals surface area contributed by atoms with Crippen molar-refractivity contribution in [3.8, 4) is 0 Å². The highest BCUT2D eigenvalue weighted by Gasteiger charge is 2.21. The second-order valence-corrected chi connectivity index (χ2v) is 6.15. The summed E-state index contributed by atoms with van der Waals surface area (Å²) in [6, 6.07) is 0. The molecule has 1 aliphatic carbocycles. The lowest BCUT2D eigenvalue weighted by atomic mass is 10.3. The summed E-state index contributed by atoms with van der Waals surface area (Å²) < 4.78 is 5.69. The molecule has 0 aromatic carbocycles. The summed E-state index contributed by atoms with van der Waals surface area (Å²) in [7, 11) is 3.92. The Morgan fingerprint density at radius 1 is 1.17 bits per heavy atom. The number of aliphatic imine (C=N–C) groups is 1. The largest absolute Gasteiger partial charge is 0.379 e. The summed E-state index contributed by atoms with van der Waals surface area (Å²) >= 11 is 0. The van der Waals surface area contributed by atoms with Crippen molar-refractivity contribution in [3.63, 3.8) is 0 Å². The van der Waals surface area contributed by atoms with Crippen LogP contribution >= 0.6 is 24.0 Å². The second-order valence-electron chi connectivity index (χ2n) is 6.15. The molecule has 6 heteroatoms. The number of hydrogen-bond acceptors (Lipinski definition) is 3. The highest BCUT2D eigenvalue weighted by atomic mass is 127. The lowest BCUT2D eigenvalue weighted by Crippen LogP contribution is -2.41. The van der Waals surface area contributed by atoms with Gasteiger partial charge in [-0.1, -0.05) is 13.8 Å². The SMILES string of the molecule is CCN(CC)CCCCNC(=NC)N(C)CCOCC1CC1.I. The first-order valence-corrected chi connectivity index (χ1v) is 8.93. The minimum Gasteiger partial charge on any atom is -0.379 e. The van der Waals surface area contributed by atoms with Gasteiger partial charge in [0.25, 0.3) is 0 Å². The molecule has 23 heavy (non-hydrogen) atoms. The van der Waals surface area contributed by atoms with Gasteiger partial charge in [0, 0.05) is 33.8 Å². The molecule has 0 amide bonds. The third kappa shape index (κ3) is 11.2. The van der Waals surface area contributed by atoms with E-state index in [1.807, 2.05) is 7.05 Å². The van der Waals surface area contributed by atoms with Gasteiger partial charge in [-0.3, -0.25) is 4.99 Å². The maximum atomic E-state index is 5.69. The quantitative estimate of drug-likeness (QED) is 0.219. The first kappa shape index (κ1) is 22.9. The van der Waals surface area contributed by atoms with Crippen LogP contribution in [0.25, 0.3) is 0 Å². The summed E-state index contributed by atoms with van der Waals surface area (Å²) in [5, 5.41) is 3.44. The number of likely N-dealkylation sites (N-methyl/N-ethyl adjacent to an activating group) is 1. The summed E-state index contributed by atoms with van der Waals surface area (Å²) in [5.74, 6) is 1.81. The standard InChI is InChI=1S/C17H36N4O.HI/c1-5-21(6-2)12-8-7-11-19-17(18-3)20(4)13-14-22-15-16-9-10-16;/h16H,5-15H2,1-4H3,(H,18,19);1H. The van der Waals surface area contributed by atoms with Crippen LogP contribution < -0.4 is 5.32 Å². The monoisotopic (exact) mass is 440 g/mol. The van der Waals surface area contributed by atoms with Gasteiger partial charge in [0.15, 0.2) is 5.96 Å². The molecular weight excluding hydrogens is 403 g/mol. The number of ether oxygens (including phenoxy) is 1. The normalized spacial score (nSPS) is 14.7. The van der Waals surface area contributed by atoms with Crippen LogP contribution in [0.1, 0.15) is 39.5 Å². The maximum Gasteiger partial charge on any atom is 0.193 e. The van der Waals surface area contributed by atoms with Crippen molar-refractivity contribution < 1.29 is 4.74 Å². The molecular formula is C17H37IN4O. The molecule has 1 saturated carbocycles. The van der Waals surface area contributed by atoms with E-state index in [-0.39, 0.29) is 24.0 Å². The van der Waals surface area contributed by atoms with Crippen LogP contribution in [0.2, 0.25) is 0 Å². The first-order chi connectivity index (χ1) is 10.7. The lowest BCUT2D eigenvalue weighted by Gasteiger charge is -2.22. The third-order valence-electron chi connectivity index (χ3n) is 4.27. The highest BCUT2D eigenvalue weighted by molar-refractivity contribution is 14.0. The zero-order valence-electron chi connectivity index (χ0n) is 15.5. The Balaban J connectivity index is 0.00000484. The minimum absolute atomic E-state index is 0. The van der Waals surface area contributed by atoms with Crippen LogP contribution in [0.5, 0.6) is 0 Å². The Labute approximate surface area is 160 Å². The molecule has 1 fully saturated rings. The van der Waals surface area contributed by atoms with E-state index >= 15 is 0 Å². The molecule has 1 rings (SSSR count). The zero-order valence-corrected chi connectivity index (χ0v) is 17.8. The molecule has 0 spiro atoms. The molecule has 0 bridgehead atoms. The van der Waals surface area contributed by atoms with E-state index in [9.17, 15) is 0 Å². The number of halogens is 1. The smallest absolute Gasteiger partial charge is 0.193 e. The summed E-state index contributed by atoms with van der Waals surface area (Å²) in [5.41, 5.74) is 0. The summed E-state index contributed by atoms with van der Waals surface area (Å²) in [6.45, 7) is 11.5. The molecule has 1 N–H and O–H groups in total. The van der Waals surface area contributed by atoms with Gasteiger partial charge < -0.3 is 19.9 Å². The predicted molar refractivity (Wildman–Crippen MR) is 110 cm³/mol. The fraction of sp³-hybridized carbons (Fsp3) is 0.941. The van der Waals surface area contributed by atoms with Gasteiger partial charge in [-0.25, -0.2) is 0 Å². The molecule has 0 heterocycles. The van der Waals surface area contributed by atoms with E-state index in [0.29, 0.717) is 0 Å². The molecule has 0 aromatic rings. The fourth-order valence-electron chi connectivity index (χ4n) is 2.43. The molecule has 5 nitrogen and oxygen atoms in total. The molecule has 0 aromatic heterocycles. The highest BCUT2D eigenvalue weighted by Crippen LogP contribution is 2.28. The number of guanidine groups is 1. The number of nitrogens with one attached hydrogen (secondary N) is 1. The zero-order chi connectivity index (χ0) is 16.2. The Morgan fingerprint density at radius 3 is 2.43 bits per heavy atom. The van der Waals surface area contributed by atoms with E-state index in [1.165, 1.54) is 32.2 Å². The van der Waals surface area contributed by atoms with Gasteiger partial charge in [0.1, 0.15) is 0 Å². The minimum atomic E-state index is 0. The van der Waals surface area contributed by atoms with E-state index in [4.69, 9.17) is 4.74 Å². The molecule has 0 atom stereocenters. The van der Waals surface area contributed by atoms with E-state index < -0.39 is 0 Å². The molecule has 0 unspecified atom stereocenters. The molecule has 0 radical (unpaired) electrons. The van der Waals surface area contributed by atoms with Gasteiger partial charge in [0.05, 0.1) is 6.61 Å². The van der Waals surface area contributed by atoms with Crippen molar-refractivity contribution in [3.05, 3.63) is 0 Å². The first-order valence-electron chi connectivity index (χ1n) is 8.93. The van der Waals surface area contributed by atoms with E-state index in [2.05, 4.69) is 41.0 Å². The van der Waals surface area contributed by atoms with Crippen molar-refractivity contribution in [1.82, 2.24) is 15.1 Å². The Bertz CT molecular complexity index is 307. The van der Waals surface area contributed by atoms with E-state index in [0.717, 1.165) is 51.3 Å². The van der Waals surface area contributed by atoms with Crippen molar-refractivity contribution >= 4 is 29.9 Å². The Kier molecular flexibility index (Phi) is 14.2. The number of unbranched alkanes of at least 4 members (excludes halogenated alkanes) is 1. The molecule has 0 aliphatic heterocycles. The van der Waals surface area contributed by atoms with E-state index in [1.54, 1.807) is 0 Å². The fourth-order valence-corrected chi connectivity index (χ4v) is 2.43. The lowest BCUT2D eigenvalue weighted by molar-refractivity contribution is 0.115. The van der Waals surface area contributed by atoms with Crippen molar-refractivity contribution in [2.45, 2.75) is 39.5 Å². The number of nitrogens with zero attached hydrogens (tertiary/aromatic N) is 3. The van der Waals surface area contributed by atoms with Crippen LogP contribution in [0.4, 0.5) is 0 Å². The van der Waals surface area contributed by atoms with Gasteiger partial charge in [-0.15, -0.1) is 24.0 Å². The summed E-state index contributed by atoms with van der Waals surface area (Å²) in [4.78, 5) is 8.97. The number of hydrogen-bond donors (Lipinski definition) is 1. The molecule has 138 valence electrons. The van der Waals surface area contributed by atoms with Crippen molar-refractivity contribution in [2.75, 3.05) is 60.0 Å². The average molecular weight is 440 g/mol. The summed E-state index contributed by atoms with van der Waals surface area (Å²) in [6.07, 6.45) is 5.13. The third-order valence-corrected chi connectivity index (χ3v) is 4.27. The predicted octanol–water partition coefficient (Wildman–Crippen LogP) is 2.66.